The average Bonchev–Trinajstić information content (AvgIpc) is 2.92. The SMILES string of the molecule is CCCCCCCCCCCCOc1ccc(OC(=O)c2ccc(C(=O)Oc3cccc(N)c3)cc2)cc1. The smallest absolute Gasteiger partial charge is 0.343 e. The second-order valence-electron chi connectivity index (χ2n) is 9.43. The van der Waals surface area contributed by atoms with Gasteiger partial charge in [0.2, 0.25) is 0 Å². The topological polar surface area (TPSA) is 87.8 Å². The number of anilines is 1. The van der Waals surface area contributed by atoms with Crippen molar-refractivity contribution in [2.45, 2.75) is 71.1 Å². The highest BCUT2D eigenvalue weighted by Gasteiger charge is 2.13. The molecule has 0 atom stereocenters. The summed E-state index contributed by atoms with van der Waals surface area (Å²) in [6.07, 6.45) is 12.9. The number of esters is 2. The molecule has 0 heterocycles. The molecule has 0 aliphatic rings. The third kappa shape index (κ3) is 10.3. The monoisotopic (exact) mass is 517 g/mol. The zero-order chi connectivity index (χ0) is 27.0. The zero-order valence-corrected chi connectivity index (χ0v) is 22.3. The van der Waals surface area contributed by atoms with Crippen molar-refractivity contribution < 1.29 is 23.8 Å². The number of nitrogen functional groups attached to an aromatic ring is 1. The summed E-state index contributed by atoms with van der Waals surface area (Å²) in [5, 5.41) is 0. The Balaban J connectivity index is 1.34. The van der Waals surface area contributed by atoms with Crippen LogP contribution >= 0.6 is 0 Å². The second-order valence-corrected chi connectivity index (χ2v) is 9.43. The Kier molecular flexibility index (Phi) is 12.2. The molecule has 2 N–H and O–H groups in total. The number of carbonyl (C=O) groups is 2. The molecule has 0 radical (unpaired) electrons. The molecule has 0 aliphatic heterocycles. The van der Waals surface area contributed by atoms with E-state index in [-0.39, 0.29) is 0 Å². The van der Waals surface area contributed by atoms with E-state index in [0.717, 1.165) is 12.2 Å². The van der Waals surface area contributed by atoms with E-state index < -0.39 is 11.9 Å². The maximum absolute atomic E-state index is 12.5. The van der Waals surface area contributed by atoms with Gasteiger partial charge in [0.25, 0.3) is 0 Å². The van der Waals surface area contributed by atoms with Crippen LogP contribution < -0.4 is 19.9 Å². The van der Waals surface area contributed by atoms with E-state index in [1.165, 1.54) is 82.1 Å². The van der Waals surface area contributed by atoms with Gasteiger partial charge >= 0.3 is 11.9 Å². The maximum Gasteiger partial charge on any atom is 0.343 e. The molecule has 0 fully saturated rings. The van der Waals surface area contributed by atoms with Crippen molar-refractivity contribution >= 4 is 17.6 Å². The van der Waals surface area contributed by atoms with Crippen LogP contribution in [0.1, 0.15) is 91.8 Å². The number of ether oxygens (including phenoxy) is 3. The number of benzene rings is 3. The summed E-state index contributed by atoms with van der Waals surface area (Å²) in [6.45, 7) is 2.93. The summed E-state index contributed by atoms with van der Waals surface area (Å²) in [6, 6.07) is 19.8. The number of hydrogen-bond donors (Lipinski definition) is 1. The van der Waals surface area contributed by atoms with Crippen molar-refractivity contribution in [2.75, 3.05) is 12.3 Å². The second kappa shape index (κ2) is 16.1. The Labute approximate surface area is 226 Å². The van der Waals surface area contributed by atoms with Crippen LogP contribution in [0.25, 0.3) is 0 Å². The molecule has 0 saturated carbocycles. The van der Waals surface area contributed by atoms with Crippen molar-refractivity contribution in [1.29, 1.82) is 0 Å². The highest BCUT2D eigenvalue weighted by Crippen LogP contribution is 2.20. The van der Waals surface area contributed by atoms with E-state index >= 15 is 0 Å². The minimum absolute atomic E-state index is 0.313. The Morgan fingerprint density at radius 2 is 1.11 bits per heavy atom. The van der Waals surface area contributed by atoms with Crippen LogP contribution in [-0.4, -0.2) is 18.5 Å². The Hall–Kier alpha value is -3.80. The van der Waals surface area contributed by atoms with Crippen LogP contribution in [0, 0.1) is 0 Å². The van der Waals surface area contributed by atoms with Crippen molar-refractivity contribution in [1.82, 2.24) is 0 Å². The molecule has 202 valence electrons. The lowest BCUT2D eigenvalue weighted by molar-refractivity contribution is 0.0720. The van der Waals surface area contributed by atoms with E-state index in [4.69, 9.17) is 19.9 Å². The van der Waals surface area contributed by atoms with Gasteiger partial charge in [-0.3, -0.25) is 0 Å². The van der Waals surface area contributed by atoms with E-state index in [9.17, 15) is 9.59 Å². The van der Waals surface area contributed by atoms with Gasteiger partial charge in [-0.2, -0.15) is 0 Å². The van der Waals surface area contributed by atoms with Crippen LogP contribution in [0.4, 0.5) is 5.69 Å². The van der Waals surface area contributed by atoms with Crippen molar-refractivity contribution in [3.63, 3.8) is 0 Å². The summed E-state index contributed by atoms with van der Waals surface area (Å²) in [5.74, 6) is 0.480. The predicted octanol–water partition coefficient (Wildman–Crippen LogP) is 8.01. The van der Waals surface area contributed by atoms with Crippen molar-refractivity contribution in [3.05, 3.63) is 83.9 Å². The molecule has 0 unspecified atom stereocenters. The number of nitrogens with two attached hydrogens (primary N) is 1. The van der Waals surface area contributed by atoms with Crippen LogP contribution in [0.2, 0.25) is 0 Å². The van der Waals surface area contributed by atoms with Crippen molar-refractivity contribution in [3.8, 4) is 17.2 Å². The van der Waals surface area contributed by atoms with Gasteiger partial charge in [-0.15, -0.1) is 0 Å². The van der Waals surface area contributed by atoms with Crippen LogP contribution in [0.15, 0.2) is 72.8 Å². The first-order valence-electron chi connectivity index (χ1n) is 13.7. The quantitative estimate of drug-likeness (QED) is 0.0896. The summed E-state index contributed by atoms with van der Waals surface area (Å²) in [4.78, 5) is 24.8. The Morgan fingerprint density at radius 3 is 1.66 bits per heavy atom. The standard InChI is InChI=1S/C32H39NO5/c1-2-3-4-5-6-7-8-9-10-11-23-36-28-19-21-29(22-20-28)37-31(34)25-15-17-26(18-16-25)32(35)38-30-14-12-13-27(33)24-30/h12-22,24H,2-11,23,33H2,1H3. The predicted molar refractivity (Wildman–Crippen MR) is 151 cm³/mol. The molecule has 6 nitrogen and oxygen atoms in total. The van der Waals surface area contributed by atoms with Gasteiger partial charge < -0.3 is 19.9 Å². The maximum atomic E-state index is 12.5. The average molecular weight is 518 g/mol. The Morgan fingerprint density at radius 1 is 0.605 bits per heavy atom. The number of rotatable bonds is 16. The van der Waals surface area contributed by atoms with Gasteiger partial charge in [0.1, 0.15) is 17.2 Å². The number of hydrogen-bond acceptors (Lipinski definition) is 6. The molecule has 0 amide bonds. The summed E-state index contributed by atoms with van der Waals surface area (Å²) in [5.41, 5.74) is 6.85. The first-order chi connectivity index (χ1) is 18.5. The molecule has 0 bridgehead atoms. The minimum Gasteiger partial charge on any atom is -0.494 e. The molecule has 0 spiro atoms. The van der Waals surface area contributed by atoms with Gasteiger partial charge in [0.05, 0.1) is 17.7 Å². The Bertz CT molecular complexity index is 1130. The fourth-order valence-corrected chi connectivity index (χ4v) is 4.04. The number of carbonyl (C=O) groups excluding carboxylic acids is 2. The fourth-order valence-electron chi connectivity index (χ4n) is 4.04. The van der Waals surface area contributed by atoms with E-state index in [1.807, 2.05) is 0 Å². The zero-order valence-electron chi connectivity index (χ0n) is 22.3. The van der Waals surface area contributed by atoms with E-state index in [1.54, 1.807) is 48.5 Å². The molecule has 3 aromatic carbocycles. The van der Waals surface area contributed by atoms with Gasteiger partial charge in [-0.1, -0.05) is 70.8 Å². The molecule has 0 aromatic heterocycles. The molecule has 6 heteroatoms. The van der Waals surface area contributed by atoms with Crippen LogP contribution in [0.3, 0.4) is 0 Å². The first-order valence-corrected chi connectivity index (χ1v) is 13.7. The highest BCUT2D eigenvalue weighted by atomic mass is 16.5. The van der Waals surface area contributed by atoms with Crippen LogP contribution in [0.5, 0.6) is 17.2 Å². The summed E-state index contributed by atoms with van der Waals surface area (Å²) < 4.78 is 16.6. The van der Waals surface area contributed by atoms with E-state index in [0.29, 0.717) is 34.9 Å². The number of unbranched alkanes of at least 4 members (excludes halogenated alkanes) is 9. The van der Waals surface area contributed by atoms with Gasteiger partial charge in [-0.05, 0) is 67.1 Å². The molecule has 0 saturated heterocycles. The highest BCUT2D eigenvalue weighted by molar-refractivity contribution is 5.94. The lowest BCUT2D eigenvalue weighted by Gasteiger charge is -2.09. The fraction of sp³-hybridized carbons (Fsp3) is 0.375. The third-order valence-electron chi connectivity index (χ3n) is 6.23. The van der Waals surface area contributed by atoms with Crippen molar-refractivity contribution in [2.24, 2.45) is 0 Å². The van der Waals surface area contributed by atoms with Crippen LogP contribution in [-0.2, 0) is 0 Å². The summed E-state index contributed by atoms with van der Waals surface area (Å²) >= 11 is 0. The van der Waals surface area contributed by atoms with Gasteiger partial charge in [-0.25, -0.2) is 9.59 Å². The van der Waals surface area contributed by atoms with Gasteiger partial charge in [0, 0.05) is 11.8 Å². The molecular weight excluding hydrogens is 478 g/mol. The largest absolute Gasteiger partial charge is 0.494 e. The van der Waals surface area contributed by atoms with Gasteiger partial charge in [0.15, 0.2) is 0 Å². The van der Waals surface area contributed by atoms with E-state index in [2.05, 4.69) is 6.92 Å². The molecular formula is C32H39NO5. The molecule has 3 aromatic rings. The molecule has 3 rings (SSSR count). The molecule has 0 aliphatic carbocycles. The first kappa shape index (κ1) is 28.8. The summed E-state index contributed by atoms with van der Waals surface area (Å²) in [7, 11) is 0. The normalized spacial score (nSPS) is 10.7. The minimum atomic E-state index is -0.538. The third-order valence-corrected chi connectivity index (χ3v) is 6.23. The lowest BCUT2D eigenvalue weighted by Crippen LogP contribution is -2.11. The lowest BCUT2D eigenvalue weighted by atomic mass is 10.1. The molecule has 38 heavy (non-hydrogen) atoms.